The van der Waals surface area contributed by atoms with E-state index in [9.17, 15) is 0 Å². The van der Waals surface area contributed by atoms with Crippen molar-refractivity contribution in [2.45, 2.75) is 0 Å². The molecule has 0 atom stereocenters. The van der Waals surface area contributed by atoms with Crippen molar-refractivity contribution in [2.24, 2.45) is 0 Å². The standard InChI is InChI=1S/C56H37N3S/c1-4-12-38(13-5-1)40-20-24-43(25-21-40)58(44-26-22-41(23-27-44)39-14-6-2-7-15-39)45-28-30-46(31-29-45)59-53-36-51-47-18-10-11-19-54(47)60-55(51)37-50(53)48-32-33-52-49(56(48)59)34-35-57(52)42-16-8-3-9-17-42/h1-37H. The van der Waals surface area contributed by atoms with Crippen LogP contribution >= 0.6 is 11.3 Å². The van der Waals surface area contributed by atoms with Crippen molar-refractivity contribution < 1.29 is 0 Å². The van der Waals surface area contributed by atoms with Crippen LogP contribution in [0.25, 0.3) is 86.5 Å². The molecule has 12 aromatic rings. The van der Waals surface area contributed by atoms with Crippen molar-refractivity contribution in [3.8, 4) is 33.6 Å². The Bertz CT molecular complexity index is 3410. The third-order valence-corrected chi connectivity index (χ3v) is 13.1. The minimum Gasteiger partial charge on any atom is -0.316 e. The lowest BCUT2D eigenvalue weighted by atomic mass is 10.0. The van der Waals surface area contributed by atoms with E-state index in [-0.39, 0.29) is 0 Å². The van der Waals surface area contributed by atoms with Gasteiger partial charge >= 0.3 is 0 Å². The lowest BCUT2D eigenvalue weighted by Crippen LogP contribution is -2.10. The highest BCUT2D eigenvalue weighted by Crippen LogP contribution is 2.44. The van der Waals surface area contributed by atoms with Crippen LogP contribution in [0.2, 0.25) is 0 Å². The van der Waals surface area contributed by atoms with Crippen LogP contribution in [0.15, 0.2) is 225 Å². The maximum atomic E-state index is 2.49. The van der Waals surface area contributed by atoms with E-state index in [0.29, 0.717) is 0 Å². The zero-order valence-corrected chi connectivity index (χ0v) is 33.4. The largest absolute Gasteiger partial charge is 0.316 e. The number of nitrogens with zero attached hydrogens (tertiary/aromatic N) is 3. The van der Waals surface area contributed by atoms with Crippen LogP contribution < -0.4 is 4.90 Å². The van der Waals surface area contributed by atoms with Crippen molar-refractivity contribution >= 4 is 81.3 Å². The number of aromatic nitrogens is 2. The van der Waals surface area contributed by atoms with E-state index in [1.807, 2.05) is 11.3 Å². The molecule has 9 aromatic carbocycles. The molecule has 0 unspecified atom stereocenters. The van der Waals surface area contributed by atoms with Crippen molar-refractivity contribution in [3.63, 3.8) is 0 Å². The second-order valence-corrected chi connectivity index (χ2v) is 16.5. The number of thiophene rings is 1. The van der Waals surface area contributed by atoms with Crippen molar-refractivity contribution in [3.05, 3.63) is 225 Å². The van der Waals surface area contributed by atoms with Crippen LogP contribution in [-0.4, -0.2) is 9.13 Å². The van der Waals surface area contributed by atoms with Crippen LogP contribution in [0.4, 0.5) is 17.1 Å². The van der Waals surface area contributed by atoms with Gasteiger partial charge in [0.1, 0.15) is 0 Å². The molecule has 3 nitrogen and oxygen atoms in total. The highest BCUT2D eigenvalue weighted by molar-refractivity contribution is 7.25. The van der Waals surface area contributed by atoms with Crippen LogP contribution in [0, 0.1) is 0 Å². The van der Waals surface area contributed by atoms with Gasteiger partial charge in [-0.25, -0.2) is 0 Å². The number of anilines is 3. The van der Waals surface area contributed by atoms with Crippen molar-refractivity contribution in [2.75, 3.05) is 4.90 Å². The third-order valence-electron chi connectivity index (χ3n) is 12.0. The summed E-state index contributed by atoms with van der Waals surface area (Å²) in [5.74, 6) is 0. The van der Waals surface area contributed by atoms with Crippen LogP contribution in [0.5, 0.6) is 0 Å². The molecule has 0 amide bonds. The van der Waals surface area contributed by atoms with Gasteiger partial charge in [0.05, 0.1) is 16.6 Å². The average molecular weight is 784 g/mol. The summed E-state index contributed by atoms with van der Waals surface area (Å²) in [7, 11) is 0. The fraction of sp³-hybridized carbons (Fsp3) is 0. The zero-order chi connectivity index (χ0) is 39.6. The monoisotopic (exact) mass is 783 g/mol. The first-order valence-corrected chi connectivity index (χ1v) is 21.2. The molecule has 0 fully saturated rings. The van der Waals surface area contributed by atoms with E-state index in [1.165, 1.54) is 75.1 Å². The van der Waals surface area contributed by atoms with E-state index >= 15 is 0 Å². The lowest BCUT2D eigenvalue weighted by Gasteiger charge is -2.26. The summed E-state index contributed by atoms with van der Waals surface area (Å²) in [5, 5.41) is 6.35. The number of hydrogen-bond donors (Lipinski definition) is 0. The molecule has 0 radical (unpaired) electrons. The second-order valence-electron chi connectivity index (χ2n) is 15.4. The van der Waals surface area contributed by atoms with Gasteiger partial charge in [-0.1, -0.05) is 127 Å². The Kier molecular flexibility index (Phi) is 8.03. The zero-order valence-electron chi connectivity index (χ0n) is 32.6. The van der Waals surface area contributed by atoms with Crippen molar-refractivity contribution in [1.29, 1.82) is 0 Å². The first-order valence-electron chi connectivity index (χ1n) is 20.4. The minimum absolute atomic E-state index is 1.09. The minimum atomic E-state index is 1.09. The molecule has 0 aliphatic heterocycles. The van der Waals surface area contributed by atoms with Gasteiger partial charge in [-0.15, -0.1) is 11.3 Å². The smallest absolute Gasteiger partial charge is 0.0635 e. The Morgan fingerprint density at radius 1 is 0.333 bits per heavy atom. The van der Waals surface area contributed by atoms with Gasteiger partial charge < -0.3 is 14.0 Å². The molecule has 0 N–H and O–H groups in total. The molecule has 0 aliphatic carbocycles. The number of hydrogen-bond acceptors (Lipinski definition) is 2. The molecule has 0 bridgehead atoms. The van der Waals surface area contributed by atoms with Gasteiger partial charge in [-0.3, -0.25) is 0 Å². The van der Waals surface area contributed by atoms with Gasteiger partial charge in [-0.05, 0) is 113 Å². The summed E-state index contributed by atoms with van der Waals surface area (Å²) >= 11 is 1.88. The molecule has 0 saturated heterocycles. The summed E-state index contributed by atoms with van der Waals surface area (Å²) in [6, 6.07) is 79.3. The molecular weight excluding hydrogens is 747 g/mol. The summed E-state index contributed by atoms with van der Waals surface area (Å²) in [5.41, 5.74) is 14.0. The first-order chi connectivity index (χ1) is 29.7. The highest BCUT2D eigenvalue weighted by Gasteiger charge is 2.20. The van der Waals surface area contributed by atoms with E-state index < -0.39 is 0 Å². The van der Waals surface area contributed by atoms with Gasteiger partial charge in [0, 0.05) is 71.0 Å². The average Bonchev–Trinajstić information content (AvgIpc) is 4.02. The van der Waals surface area contributed by atoms with Crippen LogP contribution in [0.3, 0.4) is 0 Å². The maximum Gasteiger partial charge on any atom is 0.0635 e. The van der Waals surface area contributed by atoms with Crippen LogP contribution in [-0.2, 0) is 0 Å². The molecule has 60 heavy (non-hydrogen) atoms. The Labute approximate surface area is 351 Å². The fourth-order valence-corrected chi connectivity index (χ4v) is 10.2. The predicted molar refractivity (Wildman–Crippen MR) is 256 cm³/mol. The number of benzene rings is 9. The molecule has 0 spiro atoms. The topological polar surface area (TPSA) is 13.1 Å². The first kappa shape index (κ1) is 34.4. The lowest BCUT2D eigenvalue weighted by molar-refractivity contribution is 1.13. The van der Waals surface area contributed by atoms with E-state index in [4.69, 9.17) is 0 Å². The van der Waals surface area contributed by atoms with Crippen LogP contribution in [0.1, 0.15) is 0 Å². The van der Waals surface area contributed by atoms with Gasteiger partial charge in [0.15, 0.2) is 0 Å². The third kappa shape index (κ3) is 5.65. The Hall–Kier alpha value is -7.66. The highest BCUT2D eigenvalue weighted by atomic mass is 32.1. The second kappa shape index (κ2) is 14.0. The fourth-order valence-electron chi connectivity index (χ4n) is 9.09. The molecule has 3 aromatic heterocycles. The Morgan fingerprint density at radius 2 is 0.883 bits per heavy atom. The maximum absolute atomic E-state index is 2.49. The number of rotatable bonds is 7. The Balaban J connectivity index is 1.04. The predicted octanol–water partition coefficient (Wildman–Crippen LogP) is 15.9. The Morgan fingerprint density at radius 3 is 1.52 bits per heavy atom. The quantitative estimate of drug-likeness (QED) is 0.157. The summed E-state index contributed by atoms with van der Waals surface area (Å²) in [6.07, 6.45) is 2.21. The molecule has 3 heterocycles. The summed E-state index contributed by atoms with van der Waals surface area (Å²) in [6.45, 7) is 0. The summed E-state index contributed by atoms with van der Waals surface area (Å²) in [4.78, 5) is 2.36. The normalized spacial score (nSPS) is 11.7. The molecular formula is C56H37N3S. The van der Waals surface area contributed by atoms with E-state index in [0.717, 1.165) is 28.4 Å². The van der Waals surface area contributed by atoms with Gasteiger partial charge in [0.25, 0.3) is 0 Å². The summed E-state index contributed by atoms with van der Waals surface area (Å²) < 4.78 is 7.42. The molecule has 12 rings (SSSR count). The molecule has 0 aliphatic rings. The number of para-hydroxylation sites is 1. The van der Waals surface area contributed by atoms with Gasteiger partial charge in [0.2, 0.25) is 0 Å². The molecule has 0 saturated carbocycles. The van der Waals surface area contributed by atoms with E-state index in [2.05, 4.69) is 239 Å². The molecule has 282 valence electrons. The molecule has 4 heteroatoms. The number of fused-ring (bicyclic) bond motifs is 8. The van der Waals surface area contributed by atoms with Crippen molar-refractivity contribution in [1.82, 2.24) is 9.13 Å². The SMILES string of the molecule is c1ccc(-c2ccc(N(c3ccc(-c4ccccc4)cc3)c3ccc(-n4c5cc6c(cc5c5ccc7c(ccn7-c7ccccc7)c54)sc4ccccc46)cc3)cc2)cc1. The van der Waals surface area contributed by atoms with E-state index in [1.54, 1.807) is 0 Å². The van der Waals surface area contributed by atoms with Gasteiger partial charge in [-0.2, -0.15) is 0 Å².